The predicted molar refractivity (Wildman–Crippen MR) is 64.0 cm³/mol. The number of carbonyl (C=O) groups is 1. The van der Waals surface area contributed by atoms with Gasteiger partial charge in [0.25, 0.3) is 0 Å². The molecule has 1 atom stereocenters. The summed E-state index contributed by atoms with van der Waals surface area (Å²) in [5.41, 5.74) is 5.69. The Kier molecular flexibility index (Phi) is 4.33. The van der Waals surface area contributed by atoms with Crippen LogP contribution in [0.25, 0.3) is 0 Å². The molecule has 1 amide bonds. The van der Waals surface area contributed by atoms with Gasteiger partial charge in [0.15, 0.2) is 0 Å². The van der Waals surface area contributed by atoms with Crippen molar-refractivity contribution in [2.24, 2.45) is 11.7 Å². The zero-order chi connectivity index (χ0) is 12.3. The minimum Gasteiger partial charge on any atom is -0.372 e. The topological polar surface area (TPSA) is 55.6 Å². The summed E-state index contributed by atoms with van der Waals surface area (Å²) in [5.74, 6) is 0.496. The molecule has 0 spiro atoms. The molecule has 1 aliphatic rings. The van der Waals surface area contributed by atoms with Gasteiger partial charge in [0.05, 0.1) is 12.2 Å². The molecule has 1 fully saturated rings. The lowest BCUT2D eigenvalue weighted by Gasteiger charge is -2.38. The number of nitrogens with zero attached hydrogens (tertiary/aromatic N) is 1. The normalized spacial score (nSPS) is 22.2. The van der Waals surface area contributed by atoms with E-state index >= 15 is 0 Å². The second-order valence-electron chi connectivity index (χ2n) is 5.54. The molecule has 1 aliphatic heterocycles. The number of amides is 1. The minimum absolute atomic E-state index is 0.0431. The van der Waals surface area contributed by atoms with E-state index in [1.807, 2.05) is 32.6 Å². The van der Waals surface area contributed by atoms with Gasteiger partial charge in [-0.25, -0.2) is 0 Å². The van der Waals surface area contributed by atoms with Gasteiger partial charge in [-0.1, -0.05) is 13.8 Å². The summed E-state index contributed by atoms with van der Waals surface area (Å²) < 4.78 is 5.57. The van der Waals surface area contributed by atoms with Gasteiger partial charge < -0.3 is 15.4 Å². The smallest absolute Gasteiger partial charge is 0.224 e. The molecular weight excluding hydrogens is 204 g/mol. The van der Waals surface area contributed by atoms with Crippen LogP contribution in [0.5, 0.6) is 0 Å². The SMILES string of the molecule is CC(C)C(N)CC(=O)N1CCOC(C)(C)C1. The number of nitrogens with two attached hydrogens (primary N) is 1. The van der Waals surface area contributed by atoms with Crippen LogP contribution in [0.4, 0.5) is 0 Å². The first-order valence-corrected chi connectivity index (χ1v) is 5.99. The maximum absolute atomic E-state index is 12.0. The molecule has 0 bridgehead atoms. The van der Waals surface area contributed by atoms with Crippen LogP contribution in [0.3, 0.4) is 0 Å². The third kappa shape index (κ3) is 3.76. The van der Waals surface area contributed by atoms with Gasteiger partial charge in [0.2, 0.25) is 5.91 Å². The van der Waals surface area contributed by atoms with Crippen molar-refractivity contribution in [3.8, 4) is 0 Å². The second-order valence-corrected chi connectivity index (χ2v) is 5.54. The molecule has 0 aromatic heterocycles. The maximum atomic E-state index is 12.0. The van der Waals surface area contributed by atoms with Crippen molar-refractivity contribution < 1.29 is 9.53 Å². The van der Waals surface area contributed by atoms with E-state index in [9.17, 15) is 4.79 Å². The van der Waals surface area contributed by atoms with Crippen LogP contribution >= 0.6 is 0 Å². The van der Waals surface area contributed by atoms with Crippen LogP contribution in [-0.4, -0.2) is 42.1 Å². The van der Waals surface area contributed by atoms with Gasteiger partial charge in [-0.15, -0.1) is 0 Å². The Labute approximate surface area is 98.1 Å². The van der Waals surface area contributed by atoms with E-state index < -0.39 is 0 Å². The molecule has 0 aliphatic carbocycles. The van der Waals surface area contributed by atoms with Gasteiger partial charge in [0, 0.05) is 25.6 Å². The Morgan fingerprint density at radius 2 is 2.12 bits per heavy atom. The van der Waals surface area contributed by atoms with Crippen molar-refractivity contribution in [2.45, 2.75) is 45.8 Å². The van der Waals surface area contributed by atoms with Gasteiger partial charge in [-0.3, -0.25) is 4.79 Å². The summed E-state index contributed by atoms with van der Waals surface area (Å²) in [5, 5.41) is 0. The molecule has 1 rings (SSSR count). The van der Waals surface area contributed by atoms with Crippen LogP contribution in [0.1, 0.15) is 34.1 Å². The molecule has 16 heavy (non-hydrogen) atoms. The average molecular weight is 228 g/mol. The predicted octanol–water partition coefficient (Wildman–Crippen LogP) is 0.997. The highest BCUT2D eigenvalue weighted by Gasteiger charge is 2.30. The molecule has 0 aromatic rings. The van der Waals surface area contributed by atoms with Gasteiger partial charge in [0.1, 0.15) is 0 Å². The second kappa shape index (κ2) is 5.15. The standard InChI is InChI=1S/C12H24N2O2/c1-9(2)10(13)7-11(15)14-5-6-16-12(3,4)8-14/h9-10H,5-8,13H2,1-4H3. The van der Waals surface area contributed by atoms with E-state index in [-0.39, 0.29) is 17.6 Å². The Hall–Kier alpha value is -0.610. The first kappa shape index (κ1) is 13.5. The molecule has 0 radical (unpaired) electrons. The van der Waals surface area contributed by atoms with Crippen molar-refractivity contribution in [2.75, 3.05) is 19.7 Å². The summed E-state index contributed by atoms with van der Waals surface area (Å²) in [7, 11) is 0. The molecule has 4 nitrogen and oxygen atoms in total. The van der Waals surface area contributed by atoms with Crippen molar-refractivity contribution in [3.05, 3.63) is 0 Å². The van der Waals surface area contributed by atoms with Crippen LogP contribution in [0, 0.1) is 5.92 Å². The fraction of sp³-hybridized carbons (Fsp3) is 0.917. The molecule has 1 heterocycles. The Bertz CT molecular complexity index is 251. The van der Waals surface area contributed by atoms with E-state index in [0.29, 0.717) is 32.0 Å². The highest BCUT2D eigenvalue weighted by Crippen LogP contribution is 2.17. The van der Waals surface area contributed by atoms with Crippen LogP contribution in [-0.2, 0) is 9.53 Å². The van der Waals surface area contributed by atoms with Gasteiger partial charge in [-0.05, 0) is 19.8 Å². The molecule has 4 heteroatoms. The molecule has 0 saturated carbocycles. The fourth-order valence-electron chi connectivity index (χ4n) is 1.80. The lowest BCUT2D eigenvalue weighted by molar-refractivity contribution is -0.146. The molecule has 2 N–H and O–H groups in total. The average Bonchev–Trinajstić information content (AvgIpc) is 2.15. The maximum Gasteiger partial charge on any atom is 0.224 e. The zero-order valence-electron chi connectivity index (χ0n) is 10.8. The molecule has 1 saturated heterocycles. The highest BCUT2D eigenvalue weighted by atomic mass is 16.5. The van der Waals surface area contributed by atoms with Crippen molar-refractivity contribution in [1.82, 2.24) is 4.90 Å². The number of hydrogen-bond acceptors (Lipinski definition) is 3. The minimum atomic E-state index is -0.226. The fourth-order valence-corrected chi connectivity index (χ4v) is 1.80. The van der Waals surface area contributed by atoms with Crippen molar-refractivity contribution >= 4 is 5.91 Å². The first-order chi connectivity index (χ1) is 7.32. The summed E-state index contributed by atoms with van der Waals surface area (Å²) in [4.78, 5) is 13.9. The van der Waals surface area contributed by atoms with Crippen LogP contribution < -0.4 is 5.73 Å². The molecule has 94 valence electrons. The lowest BCUT2D eigenvalue weighted by Crippen LogP contribution is -2.51. The van der Waals surface area contributed by atoms with E-state index in [1.54, 1.807) is 0 Å². The van der Waals surface area contributed by atoms with E-state index in [4.69, 9.17) is 10.5 Å². The van der Waals surface area contributed by atoms with Gasteiger partial charge in [-0.2, -0.15) is 0 Å². The summed E-state index contributed by atoms with van der Waals surface area (Å²) in [6, 6.07) is -0.0431. The number of hydrogen-bond donors (Lipinski definition) is 1. The Balaban J connectivity index is 2.48. The molecule has 1 unspecified atom stereocenters. The quantitative estimate of drug-likeness (QED) is 0.784. The van der Waals surface area contributed by atoms with E-state index in [0.717, 1.165) is 0 Å². The Morgan fingerprint density at radius 1 is 1.50 bits per heavy atom. The van der Waals surface area contributed by atoms with Crippen LogP contribution in [0.2, 0.25) is 0 Å². The van der Waals surface area contributed by atoms with E-state index in [1.165, 1.54) is 0 Å². The number of rotatable bonds is 3. The third-order valence-corrected chi connectivity index (χ3v) is 3.04. The molecule has 0 aromatic carbocycles. The lowest BCUT2D eigenvalue weighted by atomic mass is 10.0. The Morgan fingerprint density at radius 3 is 2.62 bits per heavy atom. The summed E-state index contributed by atoms with van der Waals surface area (Å²) in [6.07, 6.45) is 0.438. The monoisotopic (exact) mass is 228 g/mol. The summed E-state index contributed by atoms with van der Waals surface area (Å²) in [6.45, 7) is 10.1. The molecular formula is C12H24N2O2. The number of morpholine rings is 1. The van der Waals surface area contributed by atoms with Crippen molar-refractivity contribution in [1.29, 1.82) is 0 Å². The van der Waals surface area contributed by atoms with Gasteiger partial charge >= 0.3 is 0 Å². The largest absolute Gasteiger partial charge is 0.372 e. The van der Waals surface area contributed by atoms with E-state index in [2.05, 4.69) is 0 Å². The van der Waals surface area contributed by atoms with Crippen molar-refractivity contribution in [3.63, 3.8) is 0 Å². The summed E-state index contributed by atoms with van der Waals surface area (Å²) >= 11 is 0. The highest BCUT2D eigenvalue weighted by molar-refractivity contribution is 5.77. The first-order valence-electron chi connectivity index (χ1n) is 5.99. The number of ether oxygens (including phenoxy) is 1. The zero-order valence-corrected chi connectivity index (χ0v) is 10.8. The number of carbonyl (C=O) groups excluding carboxylic acids is 1. The van der Waals surface area contributed by atoms with Crippen LogP contribution in [0.15, 0.2) is 0 Å². The third-order valence-electron chi connectivity index (χ3n) is 3.04.